The Balaban J connectivity index is 2.65. The minimum Gasteiger partial charge on any atom is -0.480 e. The van der Waals surface area contributed by atoms with Gasteiger partial charge in [0.25, 0.3) is 0 Å². The van der Waals surface area contributed by atoms with Crippen LogP contribution in [0.15, 0.2) is 30.9 Å². The number of hydrogen-bond donors (Lipinski definition) is 2. The molecular weight excluding hydrogens is 280 g/mol. The van der Waals surface area contributed by atoms with Crippen LogP contribution in [0, 0.1) is 11.6 Å². The monoisotopic (exact) mass is 297 g/mol. The maximum absolute atomic E-state index is 13.4. The van der Waals surface area contributed by atoms with Gasteiger partial charge in [0.1, 0.15) is 17.7 Å². The molecule has 0 aromatic heterocycles. The lowest BCUT2D eigenvalue weighted by Gasteiger charge is -2.14. The Hall–Kier alpha value is -2.24. The van der Waals surface area contributed by atoms with Gasteiger partial charge in [-0.05, 0) is 31.4 Å². The van der Waals surface area contributed by atoms with Crippen molar-refractivity contribution in [2.45, 2.75) is 31.7 Å². The average Bonchev–Trinajstić information content (AvgIpc) is 2.42. The standard InChI is InChI=1S/C15H17F2NO3/c1-2-3-4-8-13(15(20)21)18-14(19)9-10-11(16)6-5-7-12(10)17/h2,5-7,13H,1,3-4,8-9H2,(H,18,19)(H,20,21)/t13-/m0/s1. The quantitative estimate of drug-likeness (QED) is 0.572. The Morgan fingerprint density at radius 3 is 2.48 bits per heavy atom. The van der Waals surface area contributed by atoms with Crippen LogP contribution in [0.2, 0.25) is 0 Å². The molecule has 114 valence electrons. The van der Waals surface area contributed by atoms with Crippen LogP contribution in [-0.2, 0) is 16.0 Å². The summed E-state index contributed by atoms with van der Waals surface area (Å²) in [6, 6.07) is 2.21. The highest BCUT2D eigenvalue weighted by Crippen LogP contribution is 2.13. The van der Waals surface area contributed by atoms with Gasteiger partial charge in [0, 0.05) is 5.56 Å². The first-order chi connectivity index (χ1) is 9.95. The van der Waals surface area contributed by atoms with Crippen molar-refractivity contribution in [3.05, 3.63) is 48.1 Å². The SMILES string of the molecule is C=CCCC[C@H](NC(=O)Cc1c(F)cccc1F)C(=O)O. The minimum atomic E-state index is -1.18. The van der Waals surface area contributed by atoms with Crippen molar-refractivity contribution in [1.82, 2.24) is 5.32 Å². The first kappa shape index (κ1) is 16.8. The predicted octanol–water partition coefficient (Wildman–Crippen LogP) is 2.43. The molecule has 1 rings (SSSR count). The summed E-state index contributed by atoms with van der Waals surface area (Å²) in [4.78, 5) is 22.8. The number of amides is 1. The zero-order valence-electron chi connectivity index (χ0n) is 11.4. The Bertz CT molecular complexity index is 511. The van der Waals surface area contributed by atoms with E-state index in [2.05, 4.69) is 11.9 Å². The predicted molar refractivity (Wildman–Crippen MR) is 73.7 cm³/mol. The van der Waals surface area contributed by atoms with Crippen molar-refractivity contribution < 1.29 is 23.5 Å². The summed E-state index contributed by atoms with van der Waals surface area (Å²) in [5, 5.41) is 11.3. The number of halogens is 2. The van der Waals surface area contributed by atoms with E-state index in [1.54, 1.807) is 6.08 Å². The molecule has 21 heavy (non-hydrogen) atoms. The molecule has 0 saturated carbocycles. The number of carbonyl (C=O) groups is 2. The molecule has 1 aromatic carbocycles. The lowest BCUT2D eigenvalue weighted by atomic mass is 10.1. The van der Waals surface area contributed by atoms with Crippen molar-refractivity contribution in [3.63, 3.8) is 0 Å². The number of nitrogens with one attached hydrogen (secondary N) is 1. The average molecular weight is 297 g/mol. The van der Waals surface area contributed by atoms with E-state index in [9.17, 15) is 18.4 Å². The summed E-state index contributed by atoms with van der Waals surface area (Å²) < 4.78 is 26.8. The van der Waals surface area contributed by atoms with E-state index < -0.39 is 36.0 Å². The molecule has 0 aliphatic rings. The van der Waals surface area contributed by atoms with Crippen LogP contribution >= 0.6 is 0 Å². The molecule has 0 aliphatic carbocycles. The van der Waals surface area contributed by atoms with Crippen molar-refractivity contribution in [1.29, 1.82) is 0 Å². The summed E-state index contributed by atoms with van der Waals surface area (Å²) in [5.74, 6) is -3.57. The number of carbonyl (C=O) groups excluding carboxylic acids is 1. The molecule has 1 amide bonds. The van der Waals surface area contributed by atoms with E-state index in [1.807, 2.05) is 0 Å². The molecule has 0 heterocycles. The number of rotatable bonds is 8. The molecule has 0 bridgehead atoms. The van der Waals surface area contributed by atoms with Crippen molar-refractivity contribution in [2.24, 2.45) is 0 Å². The highest BCUT2D eigenvalue weighted by Gasteiger charge is 2.21. The van der Waals surface area contributed by atoms with E-state index in [4.69, 9.17) is 5.11 Å². The first-order valence-electron chi connectivity index (χ1n) is 6.51. The molecular formula is C15H17F2NO3. The molecule has 0 aliphatic heterocycles. The molecule has 0 unspecified atom stereocenters. The zero-order chi connectivity index (χ0) is 15.8. The third kappa shape index (κ3) is 5.33. The van der Waals surface area contributed by atoms with Crippen LogP contribution in [0.1, 0.15) is 24.8 Å². The number of unbranched alkanes of at least 4 members (excludes halogenated alkanes) is 1. The molecule has 0 spiro atoms. The summed E-state index contributed by atoms with van der Waals surface area (Å²) in [6.07, 6.45) is 2.52. The van der Waals surface area contributed by atoms with Gasteiger partial charge >= 0.3 is 5.97 Å². The molecule has 6 heteroatoms. The Kier molecular flexibility index (Phi) is 6.52. The second kappa shape index (κ2) is 8.14. The maximum atomic E-state index is 13.4. The van der Waals surface area contributed by atoms with E-state index in [-0.39, 0.29) is 12.0 Å². The zero-order valence-corrected chi connectivity index (χ0v) is 11.4. The Morgan fingerprint density at radius 1 is 1.33 bits per heavy atom. The third-order valence-electron chi connectivity index (χ3n) is 2.93. The lowest BCUT2D eigenvalue weighted by Crippen LogP contribution is -2.41. The van der Waals surface area contributed by atoms with Crippen LogP contribution in [0.25, 0.3) is 0 Å². The minimum absolute atomic E-state index is 0.229. The highest BCUT2D eigenvalue weighted by atomic mass is 19.1. The lowest BCUT2D eigenvalue weighted by molar-refractivity contribution is -0.142. The number of aliphatic carboxylic acids is 1. The van der Waals surface area contributed by atoms with E-state index in [0.717, 1.165) is 12.1 Å². The third-order valence-corrected chi connectivity index (χ3v) is 2.93. The van der Waals surface area contributed by atoms with Gasteiger partial charge in [-0.25, -0.2) is 13.6 Å². The summed E-state index contributed by atoms with van der Waals surface area (Å²) in [5.41, 5.74) is -0.370. The smallest absolute Gasteiger partial charge is 0.326 e. The highest BCUT2D eigenvalue weighted by molar-refractivity contribution is 5.84. The fourth-order valence-corrected chi connectivity index (χ4v) is 1.83. The topological polar surface area (TPSA) is 66.4 Å². The molecule has 0 saturated heterocycles. The number of allylic oxidation sites excluding steroid dienone is 1. The van der Waals surface area contributed by atoms with Gasteiger partial charge in [-0.3, -0.25) is 4.79 Å². The van der Waals surface area contributed by atoms with Crippen LogP contribution in [-0.4, -0.2) is 23.0 Å². The number of hydrogen-bond acceptors (Lipinski definition) is 2. The number of carboxylic acids is 1. The second-order valence-corrected chi connectivity index (χ2v) is 4.55. The van der Waals surface area contributed by atoms with Gasteiger partial charge in [0.2, 0.25) is 5.91 Å². The second-order valence-electron chi connectivity index (χ2n) is 4.55. The van der Waals surface area contributed by atoms with Crippen molar-refractivity contribution >= 4 is 11.9 Å². The van der Waals surface area contributed by atoms with Crippen molar-refractivity contribution in [3.8, 4) is 0 Å². The first-order valence-corrected chi connectivity index (χ1v) is 6.51. The Labute approximate surface area is 121 Å². The molecule has 1 aromatic rings. The van der Waals surface area contributed by atoms with Crippen LogP contribution < -0.4 is 5.32 Å². The van der Waals surface area contributed by atoms with Gasteiger partial charge in [-0.15, -0.1) is 6.58 Å². The van der Waals surface area contributed by atoms with Crippen LogP contribution in [0.4, 0.5) is 8.78 Å². The van der Waals surface area contributed by atoms with Gasteiger partial charge in [0.15, 0.2) is 0 Å². The van der Waals surface area contributed by atoms with Crippen LogP contribution in [0.3, 0.4) is 0 Å². The van der Waals surface area contributed by atoms with E-state index in [1.165, 1.54) is 6.07 Å². The fourth-order valence-electron chi connectivity index (χ4n) is 1.83. The molecule has 2 N–H and O–H groups in total. The van der Waals surface area contributed by atoms with Gasteiger partial charge in [0.05, 0.1) is 6.42 Å². The number of benzene rings is 1. The largest absolute Gasteiger partial charge is 0.480 e. The maximum Gasteiger partial charge on any atom is 0.326 e. The molecule has 0 radical (unpaired) electrons. The number of carboxylic acid groups (broad SMARTS) is 1. The Morgan fingerprint density at radius 2 is 1.95 bits per heavy atom. The normalized spacial score (nSPS) is 11.7. The summed E-state index contributed by atoms with van der Waals surface area (Å²) in [6.45, 7) is 3.52. The summed E-state index contributed by atoms with van der Waals surface area (Å²) >= 11 is 0. The van der Waals surface area contributed by atoms with E-state index in [0.29, 0.717) is 12.8 Å². The fraction of sp³-hybridized carbons (Fsp3) is 0.333. The molecule has 0 fully saturated rings. The van der Waals surface area contributed by atoms with Gasteiger partial charge in [-0.2, -0.15) is 0 Å². The summed E-state index contributed by atoms with van der Waals surface area (Å²) in [7, 11) is 0. The van der Waals surface area contributed by atoms with Crippen molar-refractivity contribution in [2.75, 3.05) is 0 Å². The molecule has 4 nitrogen and oxygen atoms in total. The van der Waals surface area contributed by atoms with Gasteiger partial charge in [-0.1, -0.05) is 12.1 Å². The molecule has 1 atom stereocenters. The van der Waals surface area contributed by atoms with Gasteiger partial charge < -0.3 is 10.4 Å². The van der Waals surface area contributed by atoms with Crippen LogP contribution in [0.5, 0.6) is 0 Å². The van der Waals surface area contributed by atoms with E-state index >= 15 is 0 Å².